The molecule has 4 rings (SSSR count). The molecule has 0 aliphatic carbocycles. The van der Waals surface area contributed by atoms with Crippen molar-refractivity contribution in [2.75, 3.05) is 11.5 Å². The Balaban J connectivity index is 1.76. The Bertz CT molecular complexity index is 1160. The molecule has 0 amide bonds. The molecule has 0 saturated carbocycles. The van der Waals surface area contributed by atoms with Crippen molar-refractivity contribution >= 4 is 22.7 Å². The third-order valence-corrected chi connectivity index (χ3v) is 4.15. The number of para-hydroxylation sites is 1. The van der Waals surface area contributed by atoms with Crippen LogP contribution in [0.25, 0.3) is 33.3 Å². The lowest BCUT2D eigenvalue weighted by Crippen LogP contribution is -2.04. The number of nitrogens with two attached hydrogens (primary N) is 2. The number of aromatic nitrogens is 3. The summed E-state index contributed by atoms with van der Waals surface area (Å²) in [4.78, 5) is 12.5. The molecule has 0 saturated heterocycles. The first-order chi connectivity index (χ1) is 12.7. The minimum atomic E-state index is 0.0410. The molecule has 0 atom stereocenters. The topological polar surface area (TPSA) is 114 Å². The van der Waals surface area contributed by atoms with Crippen molar-refractivity contribution in [3.8, 4) is 28.5 Å². The summed E-state index contributed by atoms with van der Waals surface area (Å²) in [5.74, 6) is 0.122. The second-order valence-corrected chi connectivity index (χ2v) is 5.80. The zero-order valence-electron chi connectivity index (χ0n) is 13.7. The number of hydrogen-bond acceptors (Lipinski definition) is 6. The Morgan fingerprint density at radius 1 is 0.846 bits per heavy atom. The van der Waals surface area contributed by atoms with Crippen LogP contribution >= 0.6 is 0 Å². The van der Waals surface area contributed by atoms with Crippen molar-refractivity contribution < 1.29 is 0 Å². The molecule has 26 heavy (non-hydrogen) atoms. The Morgan fingerprint density at radius 2 is 1.58 bits per heavy atom. The van der Waals surface area contributed by atoms with Crippen LogP contribution in [0, 0.1) is 11.3 Å². The van der Waals surface area contributed by atoms with Gasteiger partial charge in [0.15, 0.2) is 0 Å². The number of rotatable bonds is 2. The lowest BCUT2D eigenvalue weighted by atomic mass is 10.0. The summed E-state index contributed by atoms with van der Waals surface area (Å²) in [5, 5.41) is 10.4. The van der Waals surface area contributed by atoms with Gasteiger partial charge < -0.3 is 11.5 Å². The van der Waals surface area contributed by atoms with Gasteiger partial charge in [0, 0.05) is 22.7 Å². The van der Waals surface area contributed by atoms with Crippen LogP contribution in [0.2, 0.25) is 0 Å². The molecule has 6 nitrogen and oxygen atoms in total. The molecule has 6 heteroatoms. The van der Waals surface area contributed by atoms with Gasteiger partial charge in [-0.05, 0) is 17.7 Å². The second kappa shape index (κ2) is 6.15. The van der Waals surface area contributed by atoms with Crippen LogP contribution in [0.5, 0.6) is 0 Å². The fourth-order valence-corrected chi connectivity index (χ4v) is 2.86. The van der Waals surface area contributed by atoms with Crippen LogP contribution in [-0.2, 0) is 0 Å². The number of nitrogen functional groups attached to an aromatic ring is 2. The van der Waals surface area contributed by atoms with Crippen molar-refractivity contribution in [1.29, 1.82) is 5.26 Å². The fraction of sp³-hybridized carbons (Fsp3) is 0. The molecule has 0 fully saturated rings. The number of nitriles is 1. The van der Waals surface area contributed by atoms with Gasteiger partial charge in [0.2, 0.25) is 5.95 Å². The number of benzene rings is 2. The van der Waals surface area contributed by atoms with Gasteiger partial charge in [0.1, 0.15) is 17.5 Å². The first-order valence-corrected chi connectivity index (χ1v) is 7.94. The highest BCUT2D eigenvalue weighted by Crippen LogP contribution is 2.28. The van der Waals surface area contributed by atoms with E-state index in [9.17, 15) is 5.26 Å². The largest absolute Gasteiger partial charge is 0.382 e. The van der Waals surface area contributed by atoms with Crippen LogP contribution in [-0.4, -0.2) is 15.0 Å². The van der Waals surface area contributed by atoms with Gasteiger partial charge in [0.05, 0.1) is 11.2 Å². The van der Waals surface area contributed by atoms with Crippen LogP contribution in [0.15, 0.2) is 60.8 Å². The van der Waals surface area contributed by atoms with Crippen molar-refractivity contribution in [2.24, 2.45) is 0 Å². The summed E-state index contributed by atoms with van der Waals surface area (Å²) in [6, 6.07) is 19.8. The minimum absolute atomic E-state index is 0.0410. The van der Waals surface area contributed by atoms with Crippen molar-refractivity contribution in [3.63, 3.8) is 0 Å². The highest BCUT2D eigenvalue weighted by atomic mass is 15.0. The van der Waals surface area contributed by atoms with Gasteiger partial charge in [-0.15, -0.1) is 0 Å². The number of anilines is 2. The first-order valence-electron chi connectivity index (χ1n) is 7.94. The van der Waals surface area contributed by atoms with Crippen molar-refractivity contribution in [3.05, 3.63) is 66.4 Å². The Morgan fingerprint density at radius 3 is 2.35 bits per heavy atom. The third-order valence-electron chi connectivity index (χ3n) is 4.15. The summed E-state index contributed by atoms with van der Waals surface area (Å²) in [6.07, 6.45) is 1.85. The molecule has 2 heterocycles. The zero-order chi connectivity index (χ0) is 18.1. The van der Waals surface area contributed by atoms with Crippen molar-refractivity contribution in [1.82, 2.24) is 15.0 Å². The molecule has 2 aromatic heterocycles. The standard InChI is InChI=1S/C20H14N6/c21-10-16-18(25-20(23)26-19(16)22)13-7-5-12(6-8-13)15-9-14-3-1-2-4-17(14)24-11-15/h1-9,11H,(H4,22,23,25,26). The van der Waals surface area contributed by atoms with E-state index in [2.05, 4.69) is 21.0 Å². The van der Waals surface area contributed by atoms with E-state index in [0.29, 0.717) is 5.69 Å². The second-order valence-electron chi connectivity index (χ2n) is 5.80. The summed E-state index contributed by atoms with van der Waals surface area (Å²) in [5.41, 5.74) is 15.8. The zero-order valence-corrected chi connectivity index (χ0v) is 13.7. The molecular weight excluding hydrogens is 324 g/mol. The van der Waals surface area contributed by atoms with E-state index in [1.165, 1.54) is 0 Å². The average molecular weight is 338 g/mol. The molecule has 124 valence electrons. The van der Waals surface area contributed by atoms with Crippen LogP contribution < -0.4 is 11.5 Å². The number of fused-ring (bicyclic) bond motifs is 1. The van der Waals surface area contributed by atoms with E-state index in [0.717, 1.165) is 27.6 Å². The minimum Gasteiger partial charge on any atom is -0.382 e. The molecule has 4 N–H and O–H groups in total. The van der Waals surface area contributed by atoms with E-state index < -0.39 is 0 Å². The van der Waals surface area contributed by atoms with Gasteiger partial charge >= 0.3 is 0 Å². The van der Waals surface area contributed by atoms with E-state index >= 15 is 0 Å². The molecule has 4 aromatic rings. The lowest BCUT2D eigenvalue weighted by Gasteiger charge is -2.08. The maximum absolute atomic E-state index is 9.33. The SMILES string of the molecule is N#Cc1c(N)nc(N)nc1-c1ccc(-c2cnc3ccccc3c2)cc1. The van der Waals surface area contributed by atoms with E-state index in [1.807, 2.05) is 60.8 Å². The molecule has 0 aliphatic heterocycles. The Kier molecular flexibility index (Phi) is 3.67. The normalized spacial score (nSPS) is 10.6. The van der Waals surface area contributed by atoms with Gasteiger partial charge in [-0.3, -0.25) is 4.98 Å². The quantitative estimate of drug-likeness (QED) is 0.579. The number of hydrogen-bond donors (Lipinski definition) is 2. The molecule has 0 spiro atoms. The first kappa shape index (κ1) is 15.5. The predicted molar refractivity (Wildman–Crippen MR) is 102 cm³/mol. The number of pyridine rings is 1. The van der Waals surface area contributed by atoms with E-state index in [1.54, 1.807) is 0 Å². The molecule has 2 aromatic carbocycles. The third kappa shape index (κ3) is 2.68. The predicted octanol–water partition coefficient (Wildman–Crippen LogP) is 3.39. The Labute approximate surface area is 149 Å². The molecule has 0 unspecified atom stereocenters. The summed E-state index contributed by atoms with van der Waals surface area (Å²) >= 11 is 0. The summed E-state index contributed by atoms with van der Waals surface area (Å²) in [6.45, 7) is 0. The van der Waals surface area contributed by atoms with Crippen molar-refractivity contribution in [2.45, 2.75) is 0 Å². The summed E-state index contributed by atoms with van der Waals surface area (Å²) < 4.78 is 0. The smallest absolute Gasteiger partial charge is 0.222 e. The monoisotopic (exact) mass is 338 g/mol. The van der Waals surface area contributed by atoms with Gasteiger partial charge in [0.25, 0.3) is 0 Å². The molecule has 0 aliphatic rings. The average Bonchev–Trinajstić information content (AvgIpc) is 2.67. The van der Waals surface area contributed by atoms with Gasteiger partial charge in [-0.1, -0.05) is 42.5 Å². The molecule has 0 radical (unpaired) electrons. The van der Waals surface area contributed by atoms with Gasteiger partial charge in [-0.2, -0.15) is 10.2 Å². The Hall–Kier alpha value is -3.98. The lowest BCUT2D eigenvalue weighted by molar-refractivity contribution is 1.18. The highest BCUT2D eigenvalue weighted by molar-refractivity contribution is 5.84. The molecular formula is C20H14N6. The number of nitrogens with zero attached hydrogens (tertiary/aromatic N) is 4. The highest BCUT2D eigenvalue weighted by Gasteiger charge is 2.13. The maximum atomic E-state index is 9.33. The van der Waals surface area contributed by atoms with Crippen LogP contribution in [0.1, 0.15) is 5.56 Å². The van der Waals surface area contributed by atoms with E-state index in [4.69, 9.17) is 11.5 Å². The fourth-order valence-electron chi connectivity index (χ4n) is 2.86. The summed E-state index contributed by atoms with van der Waals surface area (Å²) in [7, 11) is 0. The van der Waals surface area contributed by atoms with Crippen LogP contribution in [0.3, 0.4) is 0 Å². The van der Waals surface area contributed by atoms with E-state index in [-0.39, 0.29) is 17.3 Å². The maximum Gasteiger partial charge on any atom is 0.222 e. The van der Waals surface area contributed by atoms with Crippen LogP contribution in [0.4, 0.5) is 11.8 Å². The van der Waals surface area contributed by atoms with Gasteiger partial charge in [-0.25, -0.2) is 4.98 Å². The molecule has 0 bridgehead atoms.